The van der Waals surface area contributed by atoms with Crippen molar-refractivity contribution in [3.8, 4) is 5.75 Å². The topological polar surface area (TPSA) is 47.3 Å². The van der Waals surface area contributed by atoms with Gasteiger partial charge in [0, 0.05) is 11.8 Å². The van der Waals surface area contributed by atoms with E-state index in [9.17, 15) is 4.39 Å². The molecule has 0 atom stereocenters. The molecule has 0 aromatic heterocycles. The fourth-order valence-electron chi connectivity index (χ4n) is 1.50. The first kappa shape index (κ1) is 11.3. The normalized spacial score (nSPS) is 10.0. The molecule has 3 nitrogen and oxygen atoms in total. The van der Waals surface area contributed by atoms with Gasteiger partial charge in [0.15, 0.2) is 11.6 Å². The number of hydrogen-bond acceptors (Lipinski definition) is 3. The molecule has 0 aliphatic heterocycles. The molecule has 0 fully saturated rings. The summed E-state index contributed by atoms with van der Waals surface area (Å²) in [5.41, 5.74) is 7.94. The van der Waals surface area contributed by atoms with Crippen LogP contribution in [0.3, 0.4) is 0 Å². The highest BCUT2D eigenvalue weighted by atomic mass is 19.1. The van der Waals surface area contributed by atoms with Gasteiger partial charge in [0.2, 0.25) is 0 Å². The zero-order valence-corrected chi connectivity index (χ0v) is 9.41. The Hall–Kier alpha value is -2.23. The summed E-state index contributed by atoms with van der Waals surface area (Å²) in [7, 11) is 1.43. The second kappa shape index (κ2) is 4.74. The standard InChI is InChI=1S/C13H13FN2O/c1-17-13-8-9(6-7-10(13)14)16-12-5-3-2-4-11(12)15/h2-8,16H,15H2,1H3. The summed E-state index contributed by atoms with van der Waals surface area (Å²) in [4.78, 5) is 0. The van der Waals surface area contributed by atoms with Crippen LogP contribution in [0, 0.1) is 5.82 Å². The van der Waals surface area contributed by atoms with Crippen molar-refractivity contribution < 1.29 is 9.13 Å². The van der Waals surface area contributed by atoms with E-state index in [1.165, 1.54) is 13.2 Å². The van der Waals surface area contributed by atoms with Crippen LogP contribution in [-0.2, 0) is 0 Å². The van der Waals surface area contributed by atoms with Crippen molar-refractivity contribution in [3.63, 3.8) is 0 Å². The molecule has 0 spiro atoms. The number of rotatable bonds is 3. The molecule has 2 rings (SSSR count). The average molecular weight is 232 g/mol. The van der Waals surface area contributed by atoms with Crippen molar-refractivity contribution in [3.05, 3.63) is 48.3 Å². The number of anilines is 3. The number of nitrogens with two attached hydrogens (primary N) is 1. The van der Waals surface area contributed by atoms with E-state index < -0.39 is 0 Å². The van der Waals surface area contributed by atoms with E-state index in [0.29, 0.717) is 5.69 Å². The van der Waals surface area contributed by atoms with Gasteiger partial charge >= 0.3 is 0 Å². The molecule has 88 valence electrons. The third-order valence-electron chi connectivity index (χ3n) is 2.39. The van der Waals surface area contributed by atoms with Crippen LogP contribution in [0.5, 0.6) is 5.75 Å². The Labute approximate surface area is 99.0 Å². The first-order valence-electron chi connectivity index (χ1n) is 5.16. The molecule has 0 amide bonds. The maximum Gasteiger partial charge on any atom is 0.165 e. The maximum absolute atomic E-state index is 13.2. The van der Waals surface area contributed by atoms with Gasteiger partial charge in [-0.05, 0) is 24.3 Å². The molecular weight excluding hydrogens is 219 g/mol. The highest BCUT2D eigenvalue weighted by Crippen LogP contribution is 2.26. The molecule has 0 radical (unpaired) electrons. The van der Waals surface area contributed by atoms with Gasteiger partial charge in [0.1, 0.15) is 0 Å². The van der Waals surface area contributed by atoms with Crippen molar-refractivity contribution in [1.82, 2.24) is 0 Å². The van der Waals surface area contributed by atoms with Crippen molar-refractivity contribution >= 4 is 17.1 Å². The van der Waals surface area contributed by atoms with Gasteiger partial charge in [-0.15, -0.1) is 0 Å². The van der Waals surface area contributed by atoms with Gasteiger partial charge in [0.25, 0.3) is 0 Å². The minimum Gasteiger partial charge on any atom is -0.494 e. The Morgan fingerprint density at radius 3 is 2.65 bits per heavy atom. The van der Waals surface area contributed by atoms with Crippen molar-refractivity contribution in [2.45, 2.75) is 0 Å². The number of hydrogen-bond donors (Lipinski definition) is 2. The molecule has 0 saturated carbocycles. The SMILES string of the molecule is COc1cc(Nc2ccccc2N)ccc1F. The smallest absolute Gasteiger partial charge is 0.165 e. The predicted octanol–water partition coefficient (Wildman–Crippen LogP) is 3.16. The third-order valence-corrected chi connectivity index (χ3v) is 2.39. The first-order valence-corrected chi connectivity index (χ1v) is 5.16. The van der Waals surface area contributed by atoms with E-state index in [0.717, 1.165) is 11.4 Å². The number of nitrogens with one attached hydrogen (secondary N) is 1. The molecule has 4 heteroatoms. The number of ether oxygens (including phenoxy) is 1. The Morgan fingerprint density at radius 1 is 1.18 bits per heavy atom. The molecule has 2 aromatic rings. The quantitative estimate of drug-likeness (QED) is 0.799. The minimum atomic E-state index is -0.390. The Kier molecular flexibility index (Phi) is 3.14. The average Bonchev–Trinajstić information content (AvgIpc) is 2.34. The van der Waals surface area contributed by atoms with Gasteiger partial charge in [-0.2, -0.15) is 0 Å². The molecule has 17 heavy (non-hydrogen) atoms. The molecule has 2 aromatic carbocycles. The second-order valence-corrected chi connectivity index (χ2v) is 3.56. The van der Waals surface area contributed by atoms with E-state index in [1.54, 1.807) is 18.2 Å². The van der Waals surface area contributed by atoms with Crippen LogP contribution in [0.4, 0.5) is 21.5 Å². The summed E-state index contributed by atoms with van der Waals surface area (Å²) in [5.74, 6) is -0.191. The number of para-hydroxylation sites is 2. The number of methoxy groups -OCH3 is 1. The molecule has 3 N–H and O–H groups in total. The van der Waals surface area contributed by atoms with Gasteiger partial charge in [-0.25, -0.2) is 4.39 Å². The summed E-state index contributed by atoms with van der Waals surface area (Å²) in [5, 5.41) is 3.10. The maximum atomic E-state index is 13.2. The lowest BCUT2D eigenvalue weighted by Gasteiger charge is -2.10. The highest BCUT2D eigenvalue weighted by Gasteiger charge is 2.04. The zero-order valence-electron chi connectivity index (χ0n) is 9.41. The summed E-state index contributed by atoms with van der Waals surface area (Å²) in [6.45, 7) is 0. The second-order valence-electron chi connectivity index (χ2n) is 3.56. The fraction of sp³-hybridized carbons (Fsp3) is 0.0769. The zero-order chi connectivity index (χ0) is 12.3. The third kappa shape index (κ3) is 2.47. The van der Waals surface area contributed by atoms with Gasteiger partial charge in [-0.1, -0.05) is 12.1 Å². The predicted molar refractivity (Wildman–Crippen MR) is 67.1 cm³/mol. The summed E-state index contributed by atoms with van der Waals surface area (Å²) >= 11 is 0. The number of nitrogen functional groups attached to an aromatic ring is 1. The molecule has 0 unspecified atom stereocenters. The van der Waals surface area contributed by atoms with E-state index in [-0.39, 0.29) is 11.6 Å². The van der Waals surface area contributed by atoms with Crippen LogP contribution in [0.2, 0.25) is 0 Å². The van der Waals surface area contributed by atoms with Crippen LogP contribution in [-0.4, -0.2) is 7.11 Å². The molecule has 0 aliphatic carbocycles. The van der Waals surface area contributed by atoms with Crippen LogP contribution < -0.4 is 15.8 Å². The molecule has 0 heterocycles. The fourth-order valence-corrected chi connectivity index (χ4v) is 1.50. The van der Waals surface area contributed by atoms with E-state index >= 15 is 0 Å². The van der Waals surface area contributed by atoms with Gasteiger partial charge in [-0.3, -0.25) is 0 Å². The summed E-state index contributed by atoms with van der Waals surface area (Å²) in [6.07, 6.45) is 0. The highest BCUT2D eigenvalue weighted by molar-refractivity contribution is 5.72. The van der Waals surface area contributed by atoms with Crippen LogP contribution >= 0.6 is 0 Å². The van der Waals surface area contributed by atoms with Crippen LogP contribution in [0.15, 0.2) is 42.5 Å². The molecule has 0 aliphatic rings. The summed E-state index contributed by atoms with van der Waals surface area (Å²) < 4.78 is 18.1. The number of benzene rings is 2. The summed E-state index contributed by atoms with van der Waals surface area (Å²) in [6, 6.07) is 11.9. The molecule has 0 saturated heterocycles. The number of halogens is 1. The van der Waals surface area contributed by atoms with E-state index in [1.807, 2.05) is 18.2 Å². The molecular formula is C13H13FN2O. The lowest BCUT2D eigenvalue weighted by molar-refractivity contribution is 0.387. The Bertz CT molecular complexity index is 529. The van der Waals surface area contributed by atoms with Crippen molar-refractivity contribution in [2.24, 2.45) is 0 Å². The molecule has 0 bridgehead atoms. The first-order chi connectivity index (χ1) is 8.20. The van der Waals surface area contributed by atoms with Crippen LogP contribution in [0.1, 0.15) is 0 Å². The van der Waals surface area contributed by atoms with Crippen molar-refractivity contribution in [2.75, 3.05) is 18.2 Å². The Morgan fingerprint density at radius 2 is 1.94 bits per heavy atom. The van der Waals surface area contributed by atoms with Crippen molar-refractivity contribution in [1.29, 1.82) is 0 Å². The van der Waals surface area contributed by atoms with E-state index in [4.69, 9.17) is 10.5 Å². The Balaban J connectivity index is 2.28. The monoisotopic (exact) mass is 232 g/mol. The van der Waals surface area contributed by atoms with Crippen LogP contribution in [0.25, 0.3) is 0 Å². The minimum absolute atomic E-state index is 0.199. The van der Waals surface area contributed by atoms with E-state index in [2.05, 4.69) is 5.32 Å². The largest absolute Gasteiger partial charge is 0.494 e. The van der Waals surface area contributed by atoms with Gasteiger partial charge in [0.05, 0.1) is 18.5 Å². The van der Waals surface area contributed by atoms with Gasteiger partial charge < -0.3 is 15.8 Å². The lowest BCUT2D eigenvalue weighted by Crippen LogP contribution is -1.97. The lowest BCUT2D eigenvalue weighted by atomic mass is 10.2.